The predicted molar refractivity (Wildman–Crippen MR) is 121 cm³/mol. The summed E-state index contributed by atoms with van der Waals surface area (Å²) in [6.45, 7) is 0.264. The Bertz CT molecular complexity index is 1240. The summed E-state index contributed by atoms with van der Waals surface area (Å²) < 4.78 is 13.3. The van der Waals surface area contributed by atoms with Gasteiger partial charge in [0.1, 0.15) is 19.0 Å². The van der Waals surface area contributed by atoms with Crippen LogP contribution in [0.15, 0.2) is 54.0 Å². The highest BCUT2D eigenvalue weighted by atomic mass is 35.5. The van der Waals surface area contributed by atoms with Gasteiger partial charge in [-0.1, -0.05) is 35.3 Å². The molecule has 1 aliphatic carbocycles. The molecule has 1 aromatic heterocycles. The van der Waals surface area contributed by atoms with E-state index in [4.69, 9.17) is 32.7 Å². The number of halogens is 2. The first-order valence-corrected chi connectivity index (χ1v) is 11.0. The van der Waals surface area contributed by atoms with Crippen molar-refractivity contribution >= 4 is 34.9 Å². The minimum absolute atomic E-state index is 0.126. The minimum atomic E-state index is -0.370. The molecule has 0 bridgehead atoms. The van der Waals surface area contributed by atoms with Gasteiger partial charge in [-0.15, -0.1) is 0 Å². The average molecular weight is 471 g/mol. The maximum absolute atomic E-state index is 12.8. The summed E-state index contributed by atoms with van der Waals surface area (Å²) in [7, 11) is 1.58. The quantitative estimate of drug-likeness (QED) is 0.552. The lowest BCUT2D eigenvalue weighted by molar-refractivity contribution is -0.116. The van der Waals surface area contributed by atoms with Crippen LogP contribution in [0.5, 0.6) is 11.5 Å². The molecule has 3 aromatic rings. The van der Waals surface area contributed by atoms with Crippen LogP contribution in [0.2, 0.25) is 10.0 Å². The fourth-order valence-corrected chi connectivity index (χ4v) is 4.64. The van der Waals surface area contributed by atoms with Crippen molar-refractivity contribution in [1.29, 1.82) is 0 Å². The number of methoxy groups -OCH3 is 1. The molecule has 1 atom stereocenters. The standard InChI is InChI=1S/C23H20Cl2N4O3/c1-31-20-9-13(6-8-19(20)32-11-14-5-7-15(24)10-16(14)25)22-21-17(3-2-4-18(21)30)28-23-26-12-27-29(22)23/h5-10,12,22H,2-4,11H2,1H3,(H,26,27,28). The number of Topliss-reactive ketones (excluding diaryl/α,β-unsaturated/α-hetero) is 1. The maximum Gasteiger partial charge on any atom is 0.226 e. The average Bonchev–Trinajstić information content (AvgIpc) is 3.25. The van der Waals surface area contributed by atoms with Gasteiger partial charge in [-0.3, -0.25) is 4.79 Å². The van der Waals surface area contributed by atoms with Gasteiger partial charge in [-0.25, -0.2) is 4.68 Å². The Labute approximate surface area is 195 Å². The number of allylic oxidation sites excluding steroid dienone is 2. The molecule has 1 unspecified atom stereocenters. The molecule has 1 aliphatic heterocycles. The fourth-order valence-electron chi connectivity index (χ4n) is 4.17. The molecule has 7 nitrogen and oxygen atoms in total. The van der Waals surface area contributed by atoms with Gasteiger partial charge in [0, 0.05) is 33.3 Å². The van der Waals surface area contributed by atoms with Crippen molar-refractivity contribution < 1.29 is 14.3 Å². The second kappa shape index (κ2) is 8.48. The van der Waals surface area contributed by atoms with Crippen LogP contribution in [-0.4, -0.2) is 27.7 Å². The van der Waals surface area contributed by atoms with Crippen molar-refractivity contribution in [3.8, 4) is 11.5 Å². The van der Waals surface area contributed by atoms with Gasteiger partial charge in [-0.2, -0.15) is 10.1 Å². The molecule has 1 N–H and O–H groups in total. The van der Waals surface area contributed by atoms with Crippen LogP contribution in [0, 0.1) is 0 Å². The summed E-state index contributed by atoms with van der Waals surface area (Å²) in [5.74, 6) is 1.87. The predicted octanol–water partition coefficient (Wildman–Crippen LogP) is 5.19. The van der Waals surface area contributed by atoms with Crippen molar-refractivity contribution in [2.45, 2.75) is 31.9 Å². The largest absolute Gasteiger partial charge is 0.493 e. The number of carbonyl (C=O) groups excluding carboxylic acids is 1. The van der Waals surface area contributed by atoms with Crippen molar-refractivity contribution in [1.82, 2.24) is 14.8 Å². The van der Waals surface area contributed by atoms with E-state index in [1.54, 1.807) is 23.9 Å². The molecule has 0 amide bonds. The van der Waals surface area contributed by atoms with Gasteiger partial charge in [0.25, 0.3) is 0 Å². The smallest absolute Gasteiger partial charge is 0.226 e. The van der Waals surface area contributed by atoms with E-state index in [9.17, 15) is 4.79 Å². The molecule has 0 fully saturated rings. The summed E-state index contributed by atoms with van der Waals surface area (Å²) in [6.07, 6.45) is 3.66. The van der Waals surface area contributed by atoms with E-state index in [-0.39, 0.29) is 18.4 Å². The molecular formula is C23H20Cl2N4O3. The molecule has 2 aliphatic rings. The van der Waals surface area contributed by atoms with E-state index >= 15 is 0 Å². The molecule has 164 valence electrons. The van der Waals surface area contributed by atoms with Crippen molar-refractivity contribution in [2.75, 3.05) is 12.4 Å². The summed E-state index contributed by atoms with van der Waals surface area (Å²) in [4.78, 5) is 17.1. The minimum Gasteiger partial charge on any atom is -0.493 e. The second-order valence-electron chi connectivity index (χ2n) is 7.66. The third-order valence-corrected chi connectivity index (χ3v) is 6.30. The highest BCUT2D eigenvalue weighted by Gasteiger charge is 2.36. The van der Waals surface area contributed by atoms with Crippen molar-refractivity contribution in [2.24, 2.45) is 0 Å². The topological polar surface area (TPSA) is 78.3 Å². The van der Waals surface area contributed by atoms with Crippen LogP contribution in [0.25, 0.3) is 0 Å². The molecule has 0 spiro atoms. The van der Waals surface area contributed by atoms with Crippen LogP contribution >= 0.6 is 23.2 Å². The van der Waals surface area contributed by atoms with E-state index in [0.717, 1.165) is 35.2 Å². The van der Waals surface area contributed by atoms with Gasteiger partial charge in [0.15, 0.2) is 17.3 Å². The Balaban J connectivity index is 1.48. The van der Waals surface area contributed by atoms with Gasteiger partial charge in [-0.05, 0) is 42.7 Å². The lowest BCUT2D eigenvalue weighted by Gasteiger charge is -2.32. The van der Waals surface area contributed by atoms with Crippen LogP contribution < -0.4 is 14.8 Å². The zero-order valence-corrected chi connectivity index (χ0v) is 18.8. The molecule has 0 radical (unpaired) electrons. The first-order valence-electron chi connectivity index (χ1n) is 10.2. The fraction of sp³-hybridized carbons (Fsp3) is 0.261. The number of benzene rings is 2. The summed E-state index contributed by atoms with van der Waals surface area (Å²) in [5, 5.41) is 8.75. The number of aromatic nitrogens is 3. The summed E-state index contributed by atoms with van der Waals surface area (Å²) >= 11 is 12.2. The van der Waals surface area contributed by atoms with Crippen LogP contribution in [0.4, 0.5) is 5.95 Å². The SMILES string of the molecule is COc1cc(C2C3=C(CCCC3=O)Nc3ncnn32)ccc1OCc1ccc(Cl)cc1Cl. The van der Waals surface area contributed by atoms with E-state index in [2.05, 4.69) is 15.4 Å². The maximum atomic E-state index is 12.8. The molecule has 0 saturated carbocycles. The molecule has 2 aromatic carbocycles. The van der Waals surface area contributed by atoms with Crippen molar-refractivity contribution in [3.05, 3.63) is 75.2 Å². The lowest BCUT2D eigenvalue weighted by Crippen LogP contribution is -2.31. The number of ether oxygens (including phenoxy) is 2. The normalized spacial score (nSPS) is 17.5. The Morgan fingerprint density at radius 1 is 1.16 bits per heavy atom. The number of hydrogen-bond acceptors (Lipinski definition) is 6. The van der Waals surface area contributed by atoms with Crippen LogP contribution in [0.3, 0.4) is 0 Å². The first kappa shape index (κ1) is 20.8. The third-order valence-electron chi connectivity index (χ3n) is 5.71. The zero-order chi connectivity index (χ0) is 22.2. The Hall–Kier alpha value is -3.03. The number of nitrogens with zero attached hydrogens (tertiary/aromatic N) is 3. The lowest BCUT2D eigenvalue weighted by atomic mass is 9.85. The van der Waals surface area contributed by atoms with Gasteiger partial charge in [0.05, 0.1) is 7.11 Å². The second-order valence-corrected chi connectivity index (χ2v) is 8.50. The van der Waals surface area contributed by atoms with Crippen LogP contribution in [-0.2, 0) is 11.4 Å². The molecular weight excluding hydrogens is 451 g/mol. The van der Waals surface area contributed by atoms with E-state index in [1.807, 2.05) is 24.3 Å². The number of rotatable bonds is 5. The highest BCUT2D eigenvalue weighted by molar-refractivity contribution is 6.35. The Kier molecular flexibility index (Phi) is 5.53. The van der Waals surface area contributed by atoms with Crippen LogP contribution in [0.1, 0.15) is 36.4 Å². The monoisotopic (exact) mass is 470 g/mol. The van der Waals surface area contributed by atoms with E-state index in [1.165, 1.54) is 6.33 Å². The molecule has 0 saturated heterocycles. The number of carbonyl (C=O) groups is 1. The number of ketones is 1. The van der Waals surface area contributed by atoms with E-state index in [0.29, 0.717) is 33.9 Å². The highest BCUT2D eigenvalue weighted by Crippen LogP contribution is 2.42. The molecule has 32 heavy (non-hydrogen) atoms. The number of hydrogen-bond donors (Lipinski definition) is 1. The van der Waals surface area contributed by atoms with Gasteiger partial charge in [0.2, 0.25) is 5.95 Å². The first-order chi connectivity index (χ1) is 15.5. The van der Waals surface area contributed by atoms with Gasteiger partial charge < -0.3 is 14.8 Å². The summed E-state index contributed by atoms with van der Waals surface area (Å²) in [6, 6.07) is 10.6. The van der Waals surface area contributed by atoms with Gasteiger partial charge >= 0.3 is 0 Å². The molecule has 2 heterocycles. The number of anilines is 1. The Morgan fingerprint density at radius 3 is 2.84 bits per heavy atom. The summed E-state index contributed by atoms with van der Waals surface area (Å²) in [5.41, 5.74) is 3.34. The van der Waals surface area contributed by atoms with E-state index < -0.39 is 0 Å². The number of fused-ring (bicyclic) bond motifs is 1. The number of nitrogens with one attached hydrogen (secondary N) is 1. The Morgan fingerprint density at radius 2 is 2.03 bits per heavy atom. The molecule has 5 rings (SSSR count). The van der Waals surface area contributed by atoms with Crippen molar-refractivity contribution in [3.63, 3.8) is 0 Å². The molecule has 9 heteroatoms. The third kappa shape index (κ3) is 3.72. The zero-order valence-electron chi connectivity index (χ0n) is 17.3.